The van der Waals surface area contributed by atoms with Gasteiger partial charge in [-0.15, -0.1) is 12.4 Å². The molecule has 1 heterocycles. The second-order valence-corrected chi connectivity index (χ2v) is 5.83. The fourth-order valence-electron chi connectivity index (χ4n) is 3.41. The molecule has 4 atom stereocenters. The van der Waals surface area contributed by atoms with Gasteiger partial charge in [0.1, 0.15) is 12.1 Å². The Morgan fingerprint density at radius 1 is 1.19 bits per heavy atom. The number of benzene rings is 1. The molecule has 1 saturated carbocycles. The van der Waals surface area contributed by atoms with Crippen molar-refractivity contribution in [3.63, 3.8) is 0 Å². The molecule has 1 aromatic carbocycles. The van der Waals surface area contributed by atoms with Crippen LogP contribution in [-0.2, 0) is 9.53 Å². The Hall–Kier alpha value is -1.10. The normalized spacial score (nSPS) is 32.9. The summed E-state index contributed by atoms with van der Waals surface area (Å²) >= 11 is 0. The summed E-state index contributed by atoms with van der Waals surface area (Å²) in [6, 6.07) is 9.42. The highest BCUT2D eigenvalue weighted by molar-refractivity contribution is 5.85. The number of hydrogen-bond donors (Lipinski definition) is 1. The molecule has 3 rings (SSSR count). The number of nitrogens with two attached hydrogens (primary N) is 1. The molecule has 1 aliphatic carbocycles. The highest BCUT2D eigenvalue weighted by atomic mass is 35.5. The lowest BCUT2D eigenvalue weighted by Crippen LogP contribution is -2.48. The molecule has 1 saturated heterocycles. The van der Waals surface area contributed by atoms with E-state index in [-0.39, 0.29) is 36.6 Å². The van der Waals surface area contributed by atoms with Crippen molar-refractivity contribution in [2.45, 2.75) is 50.0 Å². The van der Waals surface area contributed by atoms with Crippen LogP contribution in [0.2, 0.25) is 0 Å². The molecule has 21 heavy (non-hydrogen) atoms. The molecule has 1 aliphatic heterocycles. The van der Waals surface area contributed by atoms with E-state index in [1.165, 1.54) is 6.42 Å². The predicted molar refractivity (Wildman–Crippen MR) is 84.3 cm³/mol. The van der Waals surface area contributed by atoms with Gasteiger partial charge in [0.05, 0.1) is 12.1 Å². The Balaban J connectivity index is 0.00000161. The van der Waals surface area contributed by atoms with Crippen molar-refractivity contribution in [3.8, 4) is 0 Å². The molecule has 0 bridgehead atoms. The number of nitrogens with zero attached hydrogens (tertiary/aromatic N) is 1. The van der Waals surface area contributed by atoms with Crippen molar-refractivity contribution in [1.82, 2.24) is 4.90 Å². The van der Waals surface area contributed by atoms with Crippen LogP contribution in [0.4, 0.5) is 0 Å². The van der Waals surface area contributed by atoms with Gasteiger partial charge in [-0.3, -0.25) is 4.79 Å². The first-order valence-electron chi connectivity index (χ1n) is 7.41. The lowest BCUT2D eigenvalue weighted by molar-refractivity contribution is -0.133. The number of ether oxygens (including phenoxy) is 1. The molecule has 0 radical (unpaired) electrons. The monoisotopic (exact) mass is 310 g/mol. The third-order valence-electron chi connectivity index (χ3n) is 4.57. The fraction of sp³-hybridized carbons (Fsp3) is 0.562. The van der Waals surface area contributed by atoms with Gasteiger partial charge >= 0.3 is 0 Å². The molecular weight excluding hydrogens is 288 g/mol. The SMILES string of the molecule is CN1C(=O)[C@H](N)[C@H](c2ccccc2)O[C@H]2CCCC[C@H]21.Cl. The lowest BCUT2D eigenvalue weighted by Gasteiger charge is -2.35. The first kappa shape index (κ1) is 16.3. The molecule has 5 heteroatoms. The smallest absolute Gasteiger partial charge is 0.242 e. The van der Waals surface area contributed by atoms with Crippen LogP contribution >= 0.6 is 12.4 Å². The summed E-state index contributed by atoms with van der Waals surface area (Å²) in [7, 11) is 1.86. The first-order chi connectivity index (χ1) is 9.68. The van der Waals surface area contributed by atoms with Gasteiger partial charge in [0.25, 0.3) is 0 Å². The van der Waals surface area contributed by atoms with Crippen LogP contribution in [0.5, 0.6) is 0 Å². The topological polar surface area (TPSA) is 55.6 Å². The molecule has 0 aromatic heterocycles. The quantitative estimate of drug-likeness (QED) is 0.866. The zero-order chi connectivity index (χ0) is 14.1. The summed E-state index contributed by atoms with van der Waals surface area (Å²) in [6.07, 6.45) is 4.13. The van der Waals surface area contributed by atoms with E-state index in [9.17, 15) is 4.79 Å². The van der Waals surface area contributed by atoms with Gasteiger partial charge in [0, 0.05) is 7.05 Å². The summed E-state index contributed by atoms with van der Waals surface area (Å²) in [6.45, 7) is 0. The van der Waals surface area contributed by atoms with Crippen LogP contribution in [0.1, 0.15) is 37.4 Å². The number of likely N-dealkylation sites (N-methyl/N-ethyl adjacent to an activating group) is 1. The van der Waals surface area contributed by atoms with E-state index in [0.29, 0.717) is 0 Å². The Morgan fingerprint density at radius 3 is 2.57 bits per heavy atom. The average Bonchev–Trinajstić information content (AvgIpc) is 2.60. The van der Waals surface area contributed by atoms with Gasteiger partial charge in [-0.05, 0) is 18.4 Å². The second-order valence-electron chi connectivity index (χ2n) is 5.83. The molecule has 2 N–H and O–H groups in total. The summed E-state index contributed by atoms with van der Waals surface area (Å²) in [5.74, 6) is -0.00625. The molecule has 2 fully saturated rings. The molecule has 0 spiro atoms. The highest BCUT2D eigenvalue weighted by Crippen LogP contribution is 2.34. The van der Waals surface area contributed by atoms with E-state index in [2.05, 4.69) is 0 Å². The van der Waals surface area contributed by atoms with Crippen LogP contribution in [-0.4, -0.2) is 36.0 Å². The van der Waals surface area contributed by atoms with Crippen molar-refractivity contribution in [3.05, 3.63) is 35.9 Å². The zero-order valence-corrected chi connectivity index (χ0v) is 13.1. The Kier molecular flexibility index (Phi) is 5.25. The molecule has 0 unspecified atom stereocenters. The van der Waals surface area contributed by atoms with E-state index in [4.69, 9.17) is 10.5 Å². The molecule has 116 valence electrons. The number of hydrogen-bond acceptors (Lipinski definition) is 3. The van der Waals surface area contributed by atoms with Gasteiger partial charge in [-0.1, -0.05) is 43.2 Å². The Bertz CT molecular complexity index is 482. The summed E-state index contributed by atoms with van der Waals surface area (Å²) in [4.78, 5) is 14.3. The van der Waals surface area contributed by atoms with Crippen molar-refractivity contribution in [2.75, 3.05) is 7.05 Å². The minimum atomic E-state index is -0.618. The van der Waals surface area contributed by atoms with Gasteiger partial charge in [-0.25, -0.2) is 0 Å². The second kappa shape index (κ2) is 6.77. The maximum atomic E-state index is 12.5. The summed E-state index contributed by atoms with van der Waals surface area (Å²) < 4.78 is 6.27. The van der Waals surface area contributed by atoms with Crippen molar-refractivity contribution in [1.29, 1.82) is 0 Å². The van der Waals surface area contributed by atoms with E-state index < -0.39 is 6.04 Å². The fourth-order valence-corrected chi connectivity index (χ4v) is 3.41. The largest absolute Gasteiger partial charge is 0.366 e. The standard InChI is InChI=1S/C16H22N2O2.ClH/c1-18-12-9-5-6-10-13(12)20-15(14(17)16(18)19)11-7-3-2-4-8-11;/h2-4,7-8,12-15H,5-6,9-10,17H2,1H3;1H/t12-,13+,14-,15+;/m1./s1. The predicted octanol–water partition coefficient (Wildman–Crippen LogP) is 2.28. The summed E-state index contributed by atoms with van der Waals surface area (Å²) in [5, 5.41) is 0. The Morgan fingerprint density at radius 2 is 1.86 bits per heavy atom. The third kappa shape index (κ3) is 3.07. The van der Waals surface area contributed by atoms with Crippen LogP contribution in [0.25, 0.3) is 0 Å². The van der Waals surface area contributed by atoms with Gasteiger partial charge < -0.3 is 15.4 Å². The number of carbonyl (C=O) groups is 1. The van der Waals surface area contributed by atoms with Crippen LogP contribution < -0.4 is 5.73 Å². The maximum Gasteiger partial charge on any atom is 0.242 e. The minimum Gasteiger partial charge on any atom is -0.366 e. The molecule has 1 amide bonds. The Labute approximate surface area is 132 Å². The lowest BCUT2D eigenvalue weighted by atomic mass is 9.91. The minimum absolute atomic E-state index is 0. The van der Waals surface area contributed by atoms with Crippen LogP contribution in [0.3, 0.4) is 0 Å². The number of amides is 1. The van der Waals surface area contributed by atoms with E-state index in [0.717, 1.165) is 24.8 Å². The van der Waals surface area contributed by atoms with E-state index in [1.54, 1.807) is 0 Å². The number of fused-ring (bicyclic) bond motifs is 1. The number of carbonyl (C=O) groups excluding carboxylic acids is 1. The van der Waals surface area contributed by atoms with Crippen LogP contribution in [0, 0.1) is 0 Å². The zero-order valence-electron chi connectivity index (χ0n) is 12.3. The number of rotatable bonds is 1. The van der Waals surface area contributed by atoms with Crippen molar-refractivity contribution < 1.29 is 9.53 Å². The third-order valence-corrected chi connectivity index (χ3v) is 4.57. The molecule has 1 aromatic rings. The number of halogens is 1. The van der Waals surface area contributed by atoms with Gasteiger partial charge in [-0.2, -0.15) is 0 Å². The highest BCUT2D eigenvalue weighted by Gasteiger charge is 2.42. The van der Waals surface area contributed by atoms with Crippen LogP contribution in [0.15, 0.2) is 30.3 Å². The van der Waals surface area contributed by atoms with E-state index >= 15 is 0 Å². The van der Waals surface area contributed by atoms with Crippen molar-refractivity contribution >= 4 is 18.3 Å². The van der Waals surface area contributed by atoms with Gasteiger partial charge in [0.15, 0.2) is 0 Å². The van der Waals surface area contributed by atoms with Crippen molar-refractivity contribution in [2.24, 2.45) is 5.73 Å². The maximum absolute atomic E-state index is 12.5. The van der Waals surface area contributed by atoms with Gasteiger partial charge in [0.2, 0.25) is 5.91 Å². The molecular formula is C16H23ClN2O2. The molecule has 4 nitrogen and oxygen atoms in total. The first-order valence-corrected chi connectivity index (χ1v) is 7.41. The molecule has 2 aliphatic rings. The average molecular weight is 311 g/mol. The van der Waals surface area contributed by atoms with E-state index in [1.807, 2.05) is 42.3 Å². The summed E-state index contributed by atoms with van der Waals surface area (Å²) in [5.41, 5.74) is 7.18.